The van der Waals surface area contributed by atoms with Crippen molar-refractivity contribution in [3.8, 4) is 28.4 Å². The second-order valence-electron chi connectivity index (χ2n) is 6.88. The van der Waals surface area contributed by atoms with Crippen LogP contribution in [0.15, 0.2) is 45.6 Å². The zero-order valence-electron chi connectivity index (χ0n) is 17.0. The fourth-order valence-electron chi connectivity index (χ4n) is 3.45. The quantitative estimate of drug-likeness (QED) is 0.593. The first-order chi connectivity index (χ1) is 14.5. The highest BCUT2D eigenvalue weighted by atomic mass is 16.6. The van der Waals surface area contributed by atoms with E-state index in [0.717, 1.165) is 0 Å². The van der Waals surface area contributed by atoms with Crippen molar-refractivity contribution in [1.29, 1.82) is 0 Å². The predicted molar refractivity (Wildman–Crippen MR) is 110 cm³/mol. The molecule has 0 fully saturated rings. The van der Waals surface area contributed by atoms with Crippen molar-refractivity contribution in [2.75, 3.05) is 20.3 Å². The molecule has 1 aromatic heterocycles. The highest BCUT2D eigenvalue weighted by molar-refractivity contribution is 5.84. The van der Waals surface area contributed by atoms with Crippen molar-refractivity contribution < 1.29 is 28.2 Å². The molecule has 0 aliphatic carbocycles. The molecule has 1 aliphatic heterocycles. The van der Waals surface area contributed by atoms with Crippen LogP contribution in [0.2, 0.25) is 0 Å². The Balaban J connectivity index is 1.78. The number of hydrogen-bond acceptors (Lipinski definition) is 7. The van der Waals surface area contributed by atoms with E-state index in [1.165, 1.54) is 7.11 Å². The maximum absolute atomic E-state index is 13.3. The van der Waals surface area contributed by atoms with Gasteiger partial charge >= 0.3 is 5.97 Å². The van der Waals surface area contributed by atoms with Crippen LogP contribution >= 0.6 is 0 Å². The summed E-state index contributed by atoms with van der Waals surface area (Å²) in [5, 5.41) is 0.426. The van der Waals surface area contributed by atoms with E-state index in [-0.39, 0.29) is 5.43 Å². The highest BCUT2D eigenvalue weighted by Gasteiger charge is 2.20. The Bertz CT molecular complexity index is 1160. The summed E-state index contributed by atoms with van der Waals surface area (Å²) in [5.41, 5.74) is 1.47. The average molecular weight is 410 g/mol. The third-order valence-electron chi connectivity index (χ3n) is 4.93. The molecule has 4 rings (SSSR count). The minimum atomic E-state index is -0.776. The van der Waals surface area contributed by atoms with E-state index in [2.05, 4.69) is 4.74 Å². The SMILES string of the molecule is CCc1oc2cc(O[C@H](C)C(=O)OC)ccc2c(=O)c1-c1ccc2c(c1)OCCO2. The van der Waals surface area contributed by atoms with Crippen LogP contribution < -0.4 is 19.6 Å². The lowest BCUT2D eigenvalue weighted by Gasteiger charge is -2.19. The van der Waals surface area contributed by atoms with Gasteiger partial charge in [0.25, 0.3) is 0 Å². The van der Waals surface area contributed by atoms with Gasteiger partial charge in [0.2, 0.25) is 5.43 Å². The third-order valence-corrected chi connectivity index (χ3v) is 4.93. The second-order valence-corrected chi connectivity index (χ2v) is 6.88. The van der Waals surface area contributed by atoms with Gasteiger partial charge in [-0.15, -0.1) is 0 Å². The summed E-state index contributed by atoms with van der Waals surface area (Å²) in [4.78, 5) is 24.9. The molecule has 0 bridgehead atoms. The minimum Gasteiger partial charge on any atom is -0.486 e. The van der Waals surface area contributed by atoms with Crippen molar-refractivity contribution in [1.82, 2.24) is 0 Å². The molecule has 0 spiro atoms. The zero-order valence-corrected chi connectivity index (χ0v) is 17.0. The van der Waals surface area contributed by atoms with Crippen LogP contribution in [-0.4, -0.2) is 32.4 Å². The number of fused-ring (bicyclic) bond motifs is 2. The molecule has 7 nitrogen and oxygen atoms in total. The molecular formula is C23H22O7. The van der Waals surface area contributed by atoms with Crippen LogP contribution in [0.5, 0.6) is 17.2 Å². The van der Waals surface area contributed by atoms with Gasteiger partial charge in [0.15, 0.2) is 17.6 Å². The van der Waals surface area contributed by atoms with Gasteiger partial charge in [-0.05, 0) is 36.8 Å². The van der Waals surface area contributed by atoms with Gasteiger partial charge in [0.1, 0.15) is 30.3 Å². The van der Waals surface area contributed by atoms with E-state index in [0.29, 0.717) is 64.7 Å². The molecule has 2 heterocycles. The maximum atomic E-state index is 13.3. The lowest BCUT2D eigenvalue weighted by Crippen LogP contribution is -2.24. The smallest absolute Gasteiger partial charge is 0.346 e. The molecule has 156 valence electrons. The van der Waals surface area contributed by atoms with Crippen molar-refractivity contribution in [2.45, 2.75) is 26.4 Å². The van der Waals surface area contributed by atoms with Crippen molar-refractivity contribution >= 4 is 16.9 Å². The number of benzene rings is 2. The molecular weight excluding hydrogens is 388 g/mol. The van der Waals surface area contributed by atoms with Gasteiger partial charge in [-0.2, -0.15) is 0 Å². The van der Waals surface area contributed by atoms with Gasteiger partial charge in [-0.3, -0.25) is 4.79 Å². The van der Waals surface area contributed by atoms with Crippen molar-refractivity contribution in [3.05, 3.63) is 52.4 Å². The normalized spacial score (nSPS) is 13.7. The fraction of sp³-hybridized carbons (Fsp3) is 0.304. The number of carbonyl (C=O) groups excluding carboxylic acids is 1. The standard InChI is InChI=1S/C23H22O7/c1-4-17-21(14-5-8-18-20(11-14)28-10-9-27-18)22(24)16-7-6-15(12-19(16)30-17)29-13(2)23(25)26-3/h5-8,11-13H,4,9-10H2,1-3H3/t13-/m1/s1. The number of ether oxygens (including phenoxy) is 4. The summed E-state index contributed by atoms with van der Waals surface area (Å²) in [6.45, 7) is 4.49. The molecule has 0 saturated carbocycles. The Hall–Kier alpha value is -3.48. The molecule has 0 amide bonds. The molecule has 0 unspecified atom stereocenters. The number of aryl methyl sites for hydroxylation is 1. The van der Waals surface area contributed by atoms with Crippen molar-refractivity contribution in [3.63, 3.8) is 0 Å². The molecule has 0 N–H and O–H groups in total. The number of hydrogen-bond donors (Lipinski definition) is 0. The zero-order chi connectivity index (χ0) is 21.3. The highest BCUT2D eigenvalue weighted by Crippen LogP contribution is 2.35. The second kappa shape index (κ2) is 8.10. The molecule has 0 radical (unpaired) electrons. The molecule has 7 heteroatoms. The van der Waals surface area contributed by atoms with Gasteiger partial charge in [0, 0.05) is 12.5 Å². The van der Waals surface area contributed by atoms with Crippen LogP contribution in [-0.2, 0) is 16.0 Å². The Morgan fingerprint density at radius 2 is 1.87 bits per heavy atom. The topological polar surface area (TPSA) is 84.2 Å². The summed E-state index contributed by atoms with van der Waals surface area (Å²) >= 11 is 0. The number of esters is 1. The van der Waals surface area contributed by atoms with Crippen LogP contribution in [0.25, 0.3) is 22.1 Å². The van der Waals surface area contributed by atoms with E-state index in [9.17, 15) is 9.59 Å². The van der Waals surface area contributed by atoms with E-state index in [1.807, 2.05) is 13.0 Å². The first-order valence-electron chi connectivity index (χ1n) is 9.76. The van der Waals surface area contributed by atoms with E-state index < -0.39 is 12.1 Å². The van der Waals surface area contributed by atoms with Gasteiger partial charge in [-0.1, -0.05) is 13.0 Å². The maximum Gasteiger partial charge on any atom is 0.346 e. The molecule has 1 aliphatic rings. The van der Waals surface area contributed by atoms with Crippen LogP contribution in [0.1, 0.15) is 19.6 Å². The Labute approximate surface area is 173 Å². The Kier molecular flexibility index (Phi) is 5.35. The number of methoxy groups -OCH3 is 1. The minimum absolute atomic E-state index is 0.141. The number of rotatable bonds is 5. The monoisotopic (exact) mass is 410 g/mol. The average Bonchev–Trinajstić information content (AvgIpc) is 2.77. The van der Waals surface area contributed by atoms with Crippen molar-refractivity contribution in [2.24, 2.45) is 0 Å². The summed E-state index contributed by atoms with van der Waals surface area (Å²) in [7, 11) is 1.30. The summed E-state index contributed by atoms with van der Waals surface area (Å²) in [5.74, 6) is 1.76. The summed E-state index contributed by atoms with van der Waals surface area (Å²) in [6, 6.07) is 10.3. The molecule has 2 aromatic carbocycles. The Morgan fingerprint density at radius 1 is 1.10 bits per heavy atom. The van der Waals surface area contributed by atoms with Crippen LogP contribution in [0, 0.1) is 0 Å². The first-order valence-corrected chi connectivity index (χ1v) is 9.76. The van der Waals surface area contributed by atoms with Gasteiger partial charge in [-0.25, -0.2) is 4.79 Å². The lowest BCUT2D eigenvalue weighted by molar-refractivity contribution is -0.147. The first kappa shape index (κ1) is 19.8. The molecule has 1 atom stereocenters. The van der Waals surface area contributed by atoms with Crippen LogP contribution in [0.3, 0.4) is 0 Å². The van der Waals surface area contributed by atoms with E-state index in [1.54, 1.807) is 37.3 Å². The lowest BCUT2D eigenvalue weighted by atomic mass is 10.0. The largest absolute Gasteiger partial charge is 0.486 e. The van der Waals surface area contributed by atoms with Gasteiger partial charge < -0.3 is 23.4 Å². The molecule has 30 heavy (non-hydrogen) atoms. The molecule has 0 saturated heterocycles. The van der Waals surface area contributed by atoms with Crippen LogP contribution in [0.4, 0.5) is 0 Å². The fourth-order valence-corrected chi connectivity index (χ4v) is 3.45. The van der Waals surface area contributed by atoms with E-state index >= 15 is 0 Å². The predicted octanol–water partition coefficient (Wildman–Crippen LogP) is 3.73. The molecule has 3 aromatic rings. The number of carbonyl (C=O) groups is 1. The third kappa shape index (κ3) is 3.58. The summed E-state index contributed by atoms with van der Waals surface area (Å²) < 4.78 is 27.6. The summed E-state index contributed by atoms with van der Waals surface area (Å²) in [6.07, 6.45) is -0.250. The Morgan fingerprint density at radius 3 is 2.60 bits per heavy atom. The van der Waals surface area contributed by atoms with Gasteiger partial charge in [0.05, 0.1) is 18.1 Å². The van der Waals surface area contributed by atoms with E-state index in [4.69, 9.17) is 18.6 Å².